The molecule has 0 fully saturated rings. The molecule has 0 bridgehead atoms. The van der Waals surface area contributed by atoms with Crippen LogP contribution in [0, 0.1) is 6.92 Å². The van der Waals surface area contributed by atoms with E-state index in [0.717, 1.165) is 0 Å². The van der Waals surface area contributed by atoms with Crippen LogP contribution in [0.5, 0.6) is 0 Å². The van der Waals surface area contributed by atoms with Crippen LogP contribution in [0.25, 0.3) is 0 Å². The van der Waals surface area contributed by atoms with Gasteiger partial charge in [0.15, 0.2) is 0 Å². The Bertz CT molecular complexity index is 489. The molecule has 0 spiro atoms. The van der Waals surface area contributed by atoms with Crippen molar-refractivity contribution >= 4 is 11.9 Å². The van der Waals surface area contributed by atoms with Crippen LogP contribution < -0.4 is 0 Å². The van der Waals surface area contributed by atoms with Crippen molar-refractivity contribution in [3.05, 3.63) is 23.0 Å². The monoisotopic (exact) mass is 279 g/mol. The Morgan fingerprint density at radius 1 is 1.30 bits per heavy atom. The van der Waals surface area contributed by atoms with Gasteiger partial charge in [-0.25, -0.2) is 0 Å². The highest BCUT2D eigenvalue weighted by atomic mass is 16.5. The summed E-state index contributed by atoms with van der Waals surface area (Å²) in [6.45, 7) is 6.15. The van der Waals surface area contributed by atoms with Crippen LogP contribution in [-0.4, -0.2) is 47.2 Å². The Morgan fingerprint density at radius 3 is 2.60 bits per heavy atom. The van der Waals surface area contributed by atoms with Gasteiger partial charge in [0.25, 0.3) is 5.91 Å². The molecule has 6 heteroatoms. The standard InChI is InChI=1S/C14H21N3O3/c1-5-12-11(9-10(3)15-16-12)14(19)17(4)8-7-13(18)20-6-2/h9H,5-8H2,1-4H3. The molecule has 1 aromatic heterocycles. The van der Waals surface area contributed by atoms with Gasteiger partial charge in [0, 0.05) is 13.6 Å². The minimum atomic E-state index is -0.299. The maximum Gasteiger partial charge on any atom is 0.307 e. The molecule has 0 aliphatic heterocycles. The van der Waals surface area contributed by atoms with E-state index in [0.29, 0.717) is 36.5 Å². The molecular weight excluding hydrogens is 258 g/mol. The third-order valence-electron chi connectivity index (χ3n) is 2.86. The molecule has 1 amide bonds. The largest absolute Gasteiger partial charge is 0.466 e. The quantitative estimate of drug-likeness (QED) is 0.735. The number of amides is 1. The number of aromatic nitrogens is 2. The number of carbonyl (C=O) groups excluding carboxylic acids is 2. The Balaban J connectivity index is 2.74. The van der Waals surface area contributed by atoms with Gasteiger partial charge in [-0.2, -0.15) is 10.2 Å². The van der Waals surface area contributed by atoms with E-state index in [2.05, 4.69) is 10.2 Å². The SMILES string of the molecule is CCOC(=O)CCN(C)C(=O)c1cc(C)nnc1CC. The van der Waals surface area contributed by atoms with E-state index in [1.165, 1.54) is 4.90 Å². The summed E-state index contributed by atoms with van der Waals surface area (Å²) in [6.07, 6.45) is 0.828. The summed E-state index contributed by atoms with van der Waals surface area (Å²) in [6, 6.07) is 1.73. The smallest absolute Gasteiger partial charge is 0.307 e. The molecule has 0 aromatic carbocycles. The second-order valence-corrected chi connectivity index (χ2v) is 4.48. The molecule has 20 heavy (non-hydrogen) atoms. The van der Waals surface area contributed by atoms with Crippen LogP contribution in [0.15, 0.2) is 6.07 Å². The number of hydrogen-bond acceptors (Lipinski definition) is 5. The van der Waals surface area contributed by atoms with Crippen molar-refractivity contribution in [2.75, 3.05) is 20.2 Å². The van der Waals surface area contributed by atoms with E-state index < -0.39 is 0 Å². The van der Waals surface area contributed by atoms with Gasteiger partial charge in [0.2, 0.25) is 0 Å². The fourth-order valence-corrected chi connectivity index (χ4v) is 1.76. The molecule has 1 rings (SSSR count). The Labute approximate surface area is 119 Å². The average Bonchev–Trinajstić information content (AvgIpc) is 2.44. The minimum absolute atomic E-state index is 0.149. The maximum absolute atomic E-state index is 12.4. The van der Waals surface area contributed by atoms with Gasteiger partial charge in [-0.1, -0.05) is 6.92 Å². The first-order valence-electron chi connectivity index (χ1n) is 6.73. The zero-order valence-corrected chi connectivity index (χ0v) is 12.5. The van der Waals surface area contributed by atoms with Crippen molar-refractivity contribution in [1.82, 2.24) is 15.1 Å². The van der Waals surface area contributed by atoms with Crippen LogP contribution in [0.1, 0.15) is 42.0 Å². The van der Waals surface area contributed by atoms with Gasteiger partial charge in [0.1, 0.15) is 0 Å². The Kier molecular flexibility index (Phi) is 6.09. The number of hydrogen-bond donors (Lipinski definition) is 0. The minimum Gasteiger partial charge on any atom is -0.466 e. The Hall–Kier alpha value is -1.98. The molecule has 0 unspecified atom stereocenters. The average molecular weight is 279 g/mol. The molecular formula is C14H21N3O3. The summed E-state index contributed by atoms with van der Waals surface area (Å²) in [5.41, 5.74) is 1.92. The van der Waals surface area contributed by atoms with Crippen molar-refractivity contribution in [2.24, 2.45) is 0 Å². The molecule has 6 nitrogen and oxygen atoms in total. The zero-order chi connectivity index (χ0) is 15.1. The van der Waals surface area contributed by atoms with Crippen LogP contribution in [-0.2, 0) is 16.0 Å². The highest BCUT2D eigenvalue weighted by molar-refractivity contribution is 5.95. The second kappa shape index (κ2) is 7.57. The normalized spacial score (nSPS) is 10.2. The van der Waals surface area contributed by atoms with Gasteiger partial charge in [-0.05, 0) is 26.3 Å². The first-order valence-corrected chi connectivity index (χ1v) is 6.73. The maximum atomic E-state index is 12.4. The lowest BCUT2D eigenvalue weighted by atomic mass is 10.1. The van der Waals surface area contributed by atoms with Gasteiger partial charge in [-0.3, -0.25) is 9.59 Å². The van der Waals surface area contributed by atoms with Gasteiger partial charge >= 0.3 is 5.97 Å². The number of esters is 1. The predicted octanol–water partition coefficient (Wildman–Crippen LogP) is 1.37. The molecule has 0 saturated carbocycles. The van der Waals surface area contributed by atoms with E-state index in [1.54, 1.807) is 27.0 Å². The lowest BCUT2D eigenvalue weighted by Gasteiger charge is -2.18. The zero-order valence-electron chi connectivity index (χ0n) is 12.5. The molecule has 0 saturated heterocycles. The van der Waals surface area contributed by atoms with E-state index in [-0.39, 0.29) is 18.3 Å². The number of aryl methyl sites for hydroxylation is 2. The van der Waals surface area contributed by atoms with E-state index >= 15 is 0 Å². The number of rotatable bonds is 6. The third-order valence-corrected chi connectivity index (χ3v) is 2.86. The Morgan fingerprint density at radius 2 is 2.00 bits per heavy atom. The van der Waals surface area contributed by atoms with Crippen molar-refractivity contribution in [2.45, 2.75) is 33.6 Å². The molecule has 1 heterocycles. The summed E-state index contributed by atoms with van der Waals surface area (Å²) in [5.74, 6) is -0.448. The summed E-state index contributed by atoms with van der Waals surface area (Å²) in [7, 11) is 1.66. The molecule has 0 atom stereocenters. The lowest BCUT2D eigenvalue weighted by Crippen LogP contribution is -2.30. The van der Waals surface area contributed by atoms with E-state index in [9.17, 15) is 9.59 Å². The van der Waals surface area contributed by atoms with Crippen molar-refractivity contribution in [3.63, 3.8) is 0 Å². The molecule has 0 N–H and O–H groups in total. The first-order chi connectivity index (χ1) is 9.49. The topological polar surface area (TPSA) is 72.4 Å². The summed E-state index contributed by atoms with van der Waals surface area (Å²) < 4.78 is 4.84. The van der Waals surface area contributed by atoms with E-state index in [4.69, 9.17) is 4.74 Å². The summed E-state index contributed by atoms with van der Waals surface area (Å²) >= 11 is 0. The lowest BCUT2D eigenvalue weighted by molar-refractivity contribution is -0.143. The fraction of sp³-hybridized carbons (Fsp3) is 0.571. The second-order valence-electron chi connectivity index (χ2n) is 4.48. The van der Waals surface area contributed by atoms with Gasteiger partial charge in [0.05, 0.1) is 30.0 Å². The van der Waals surface area contributed by atoms with Crippen molar-refractivity contribution in [1.29, 1.82) is 0 Å². The third kappa shape index (κ3) is 4.29. The fourth-order valence-electron chi connectivity index (χ4n) is 1.76. The van der Waals surface area contributed by atoms with Crippen molar-refractivity contribution in [3.8, 4) is 0 Å². The summed E-state index contributed by atoms with van der Waals surface area (Å²) in [4.78, 5) is 25.2. The van der Waals surface area contributed by atoms with Gasteiger partial charge in [-0.15, -0.1) is 0 Å². The van der Waals surface area contributed by atoms with Crippen LogP contribution in [0.2, 0.25) is 0 Å². The highest BCUT2D eigenvalue weighted by Gasteiger charge is 2.17. The van der Waals surface area contributed by atoms with Crippen LogP contribution in [0.3, 0.4) is 0 Å². The molecule has 110 valence electrons. The number of nitrogens with zero attached hydrogens (tertiary/aromatic N) is 3. The van der Waals surface area contributed by atoms with Crippen LogP contribution >= 0.6 is 0 Å². The van der Waals surface area contributed by atoms with Crippen molar-refractivity contribution < 1.29 is 14.3 Å². The number of carbonyl (C=O) groups is 2. The first kappa shape index (κ1) is 16.1. The molecule has 0 aliphatic rings. The predicted molar refractivity (Wildman–Crippen MR) is 74.4 cm³/mol. The summed E-state index contributed by atoms with van der Waals surface area (Å²) in [5, 5.41) is 7.99. The highest BCUT2D eigenvalue weighted by Crippen LogP contribution is 2.10. The van der Waals surface area contributed by atoms with Gasteiger partial charge < -0.3 is 9.64 Å². The molecule has 1 aromatic rings. The number of ether oxygens (including phenoxy) is 1. The molecule has 0 aliphatic carbocycles. The van der Waals surface area contributed by atoms with E-state index in [1.807, 2.05) is 6.92 Å². The molecule has 0 radical (unpaired) electrons. The van der Waals surface area contributed by atoms with Crippen LogP contribution in [0.4, 0.5) is 0 Å².